The molecule has 4 atom stereocenters. The Balaban J connectivity index is 5.51. The molecule has 0 aromatic carbocycles. The molecule has 0 spiro atoms. The predicted molar refractivity (Wildman–Crippen MR) is 212 cm³/mol. The van der Waals surface area contributed by atoms with Crippen LogP contribution in [-0.2, 0) is 57.4 Å². The van der Waals surface area contributed by atoms with E-state index in [2.05, 4.69) is 16.0 Å². The normalized spacial score (nSPS) is 13.3. The molecule has 0 heterocycles. The first-order valence-electron chi connectivity index (χ1n) is 19.3. The molecule has 4 unspecified atom stereocenters. The number of carbonyl (C=O) groups excluding carboxylic acids is 10. The third-order valence-electron chi connectivity index (χ3n) is 8.55. The highest BCUT2D eigenvalue weighted by Gasteiger charge is 2.27. The first kappa shape index (κ1) is 52.5. The van der Waals surface area contributed by atoms with E-state index in [1.807, 2.05) is 27.7 Å². The molecule has 0 saturated carbocycles. The van der Waals surface area contributed by atoms with Crippen LogP contribution in [0.1, 0.15) is 125 Å². The molecule has 17 heteroatoms. The third-order valence-corrected chi connectivity index (χ3v) is 9.57. The molecule has 0 saturated heterocycles. The highest BCUT2D eigenvalue weighted by molar-refractivity contribution is 7.94. The van der Waals surface area contributed by atoms with Crippen LogP contribution in [-0.4, -0.2) is 117 Å². The van der Waals surface area contributed by atoms with Crippen molar-refractivity contribution >= 4 is 73.3 Å². The van der Waals surface area contributed by atoms with E-state index in [0.717, 1.165) is 0 Å². The number of ketones is 6. The van der Waals surface area contributed by atoms with Crippen molar-refractivity contribution in [2.75, 3.05) is 33.6 Å². The summed E-state index contributed by atoms with van der Waals surface area (Å²) >= 11 is 0. The summed E-state index contributed by atoms with van der Waals surface area (Å²) in [4.78, 5) is 126. The number of hydrogen-bond acceptors (Lipinski definition) is 12. The molecule has 0 aliphatic carbocycles. The molecule has 3 N–H and O–H groups in total. The number of methoxy groups -OCH3 is 1. The van der Waals surface area contributed by atoms with E-state index in [1.54, 1.807) is 6.66 Å². The lowest BCUT2D eigenvalue weighted by Gasteiger charge is -2.20. The first-order chi connectivity index (χ1) is 26.2. The van der Waals surface area contributed by atoms with Crippen molar-refractivity contribution < 1.29 is 57.4 Å². The summed E-state index contributed by atoms with van der Waals surface area (Å²) in [5.74, 6) is -3.62. The number of rotatable bonds is 34. The van der Waals surface area contributed by atoms with E-state index in [9.17, 15) is 47.9 Å². The van der Waals surface area contributed by atoms with E-state index in [1.165, 1.54) is 14.0 Å². The minimum atomic E-state index is -1.32. The highest BCUT2D eigenvalue weighted by Crippen LogP contribution is 2.27. The van der Waals surface area contributed by atoms with Gasteiger partial charge in [0.2, 0.25) is 17.7 Å². The molecule has 3 amide bonds. The average Bonchev–Trinajstić information content (AvgIpc) is 3.12. The zero-order chi connectivity index (χ0) is 42.8. The van der Waals surface area contributed by atoms with Gasteiger partial charge in [-0.15, -0.1) is 0 Å². The molecule has 0 aliphatic rings. The maximum atomic E-state index is 13.4. The number of Topliss-reactive ketones (excluding diaryl/α,β-unsaturated/α-hetero) is 6. The Hall–Kier alpha value is -3.49. The van der Waals surface area contributed by atoms with Crippen molar-refractivity contribution in [3.05, 3.63) is 0 Å². The second kappa shape index (κ2) is 29.7. The lowest BCUT2D eigenvalue weighted by atomic mass is 9.96. The molecule has 15 nitrogen and oxygen atoms in total. The molecule has 2 radical (unpaired) electrons. The molecular weight excluding hydrogens is 744 g/mol. The van der Waals surface area contributed by atoms with Gasteiger partial charge in [0.05, 0.1) is 31.3 Å². The van der Waals surface area contributed by atoms with Gasteiger partial charge in [0, 0.05) is 77.7 Å². The second-order valence-electron chi connectivity index (χ2n) is 14.9. The van der Waals surface area contributed by atoms with Gasteiger partial charge in [-0.05, 0) is 44.7 Å². The van der Waals surface area contributed by atoms with Crippen molar-refractivity contribution in [2.45, 2.75) is 143 Å². The van der Waals surface area contributed by atoms with Crippen LogP contribution in [0, 0.1) is 11.8 Å². The largest absolute Gasteiger partial charge is 0.382 e. The van der Waals surface area contributed by atoms with Crippen molar-refractivity contribution in [1.82, 2.24) is 16.0 Å². The standard InChI is InChI=1S/C39H63BN3O12P/c1-25(2)22-31(34(48)13-8-27(5)44)43-38(52)18-14-33(47)30(41-36(50)17-11-29(46)24-55-21-20-54-6)12-9-28(45)10-16-37(51)42-32(23-26(3)4)35(49)15-19-39(53)56(7)40/h25-26,30-32H,8-24H2,1-7H3,(H,41,50)(H,42,51)(H,43,52). The summed E-state index contributed by atoms with van der Waals surface area (Å²) in [6, 6.07) is -2.84. The average molecular weight is 808 g/mol. The van der Waals surface area contributed by atoms with Crippen LogP contribution >= 0.6 is 7.80 Å². The van der Waals surface area contributed by atoms with Crippen LogP contribution in [0.15, 0.2) is 0 Å². The fourth-order valence-electron chi connectivity index (χ4n) is 5.40. The Bertz CT molecular complexity index is 1350. The van der Waals surface area contributed by atoms with Crippen LogP contribution in [0.2, 0.25) is 0 Å². The van der Waals surface area contributed by atoms with Gasteiger partial charge in [-0.25, -0.2) is 0 Å². The molecular formula is C39H63BN3O12P. The summed E-state index contributed by atoms with van der Waals surface area (Å²) in [5, 5.41) is 7.90. The quantitative estimate of drug-likeness (QED) is 0.0485. The second-order valence-corrected chi connectivity index (χ2v) is 16.6. The zero-order valence-electron chi connectivity index (χ0n) is 34.3. The van der Waals surface area contributed by atoms with Gasteiger partial charge in [-0.2, -0.15) is 0 Å². The van der Waals surface area contributed by atoms with Crippen molar-refractivity contribution in [3.8, 4) is 0 Å². The van der Waals surface area contributed by atoms with Gasteiger partial charge in [0.25, 0.3) is 0 Å². The molecule has 0 aliphatic heterocycles. The van der Waals surface area contributed by atoms with E-state index < -0.39 is 49.4 Å². The van der Waals surface area contributed by atoms with E-state index in [-0.39, 0.29) is 137 Å². The monoisotopic (exact) mass is 807 g/mol. The summed E-state index contributed by atoms with van der Waals surface area (Å²) in [6.45, 7) is 10.8. The van der Waals surface area contributed by atoms with Gasteiger partial charge in [-0.1, -0.05) is 35.5 Å². The Morgan fingerprint density at radius 3 is 1.45 bits per heavy atom. The first-order valence-corrected chi connectivity index (χ1v) is 21.2. The van der Waals surface area contributed by atoms with Gasteiger partial charge in [0.15, 0.2) is 23.1 Å². The number of ether oxygens (including phenoxy) is 2. The summed E-state index contributed by atoms with van der Waals surface area (Å²) in [5.41, 5.74) is -0.203. The zero-order valence-corrected chi connectivity index (χ0v) is 35.2. The van der Waals surface area contributed by atoms with Crippen molar-refractivity contribution in [1.29, 1.82) is 0 Å². The Morgan fingerprint density at radius 2 is 0.982 bits per heavy atom. The van der Waals surface area contributed by atoms with Gasteiger partial charge < -0.3 is 30.2 Å². The number of amides is 3. The topological polar surface area (TPSA) is 225 Å². The van der Waals surface area contributed by atoms with E-state index in [4.69, 9.17) is 17.0 Å². The smallest absolute Gasteiger partial charge is 0.221 e. The van der Waals surface area contributed by atoms with E-state index >= 15 is 0 Å². The summed E-state index contributed by atoms with van der Waals surface area (Å²) in [7, 11) is 5.81. The lowest BCUT2D eigenvalue weighted by Crippen LogP contribution is -2.43. The molecule has 314 valence electrons. The minimum Gasteiger partial charge on any atom is -0.382 e. The van der Waals surface area contributed by atoms with Gasteiger partial charge >= 0.3 is 0 Å². The van der Waals surface area contributed by atoms with Crippen LogP contribution in [0.25, 0.3) is 0 Å². The maximum Gasteiger partial charge on any atom is 0.221 e. The molecule has 0 aromatic rings. The Kier molecular flexibility index (Phi) is 27.9. The van der Waals surface area contributed by atoms with Crippen molar-refractivity contribution in [3.63, 3.8) is 0 Å². The highest BCUT2D eigenvalue weighted by atomic mass is 31.1. The number of carbonyl (C=O) groups is 10. The Labute approximate surface area is 334 Å². The maximum absolute atomic E-state index is 13.4. The predicted octanol–water partition coefficient (Wildman–Crippen LogP) is 3.03. The molecule has 0 aromatic heterocycles. The Morgan fingerprint density at radius 1 is 0.554 bits per heavy atom. The number of nitrogens with one attached hydrogen (secondary N) is 3. The summed E-state index contributed by atoms with van der Waals surface area (Å²) in [6.07, 6.45) is -1.15. The van der Waals surface area contributed by atoms with Gasteiger partial charge in [0.1, 0.15) is 31.3 Å². The minimum absolute atomic E-state index is 0.0122. The SMILES string of the molecule is [B]P(C)C(=O)CCC(=O)C(CC(C)C)NC(=O)CCC(=O)CCC(NC(=O)CCC(=O)COCCOC)C(=O)CCC(=O)NC(CC(C)C)C(=O)CCC(C)=O. The lowest BCUT2D eigenvalue weighted by molar-refractivity contribution is -0.132. The van der Waals surface area contributed by atoms with Crippen molar-refractivity contribution in [2.24, 2.45) is 11.8 Å². The van der Waals surface area contributed by atoms with Crippen LogP contribution < -0.4 is 16.0 Å². The fourth-order valence-corrected chi connectivity index (χ4v) is 5.86. The summed E-state index contributed by atoms with van der Waals surface area (Å²) < 4.78 is 10.0. The molecule has 0 bridgehead atoms. The molecule has 56 heavy (non-hydrogen) atoms. The van der Waals surface area contributed by atoms with Crippen LogP contribution in [0.4, 0.5) is 0 Å². The number of hydrogen-bond donors (Lipinski definition) is 3. The third kappa shape index (κ3) is 26.4. The molecule has 0 rings (SSSR count). The van der Waals surface area contributed by atoms with Gasteiger partial charge in [-0.3, -0.25) is 43.2 Å². The van der Waals surface area contributed by atoms with E-state index in [0.29, 0.717) is 19.4 Å². The van der Waals surface area contributed by atoms with Crippen LogP contribution in [0.3, 0.4) is 0 Å². The fraction of sp³-hybridized carbons (Fsp3) is 0.744. The van der Waals surface area contributed by atoms with Crippen LogP contribution in [0.5, 0.6) is 0 Å². The molecule has 0 fully saturated rings.